The van der Waals surface area contributed by atoms with Crippen molar-refractivity contribution in [2.75, 3.05) is 0 Å². The van der Waals surface area contributed by atoms with E-state index in [0.717, 1.165) is 22.6 Å². The Morgan fingerprint density at radius 1 is 1.45 bits per heavy atom. The van der Waals surface area contributed by atoms with E-state index in [1.54, 1.807) is 12.4 Å². The summed E-state index contributed by atoms with van der Waals surface area (Å²) in [5, 5.41) is 5.70. The molecule has 2 heterocycles. The molecule has 0 aliphatic heterocycles. The Balaban J connectivity index is 1.87. The summed E-state index contributed by atoms with van der Waals surface area (Å²) in [6, 6.07) is 5.40. The van der Waals surface area contributed by atoms with Crippen LogP contribution < -0.4 is 10.6 Å². The second-order valence-corrected chi connectivity index (χ2v) is 4.78. The van der Waals surface area contributed by atoms with Crippen LogP contribution in [-0.2, 0) is 6.54 Å². The van der Waals surface area contributed by atoms with Gasteiger partial charge in [0.25, 0.3) is 0 Å². The number of aromatic nitrogens is 1. The van der Waals surface area contributed by atoms with Crippen molar-refractivity contribution < 1.29 is 9.21 Å². The molecule has 1 atom stereocenters. The highest BCUT2D eigenvalue weighted by molar-refractivity contribution is 5.74. The predicted octanol–water partition coefficient (Wildman–Crippen LogP) is 2.85. The van der Waals surface area contributed by atoms with Crippen molar-refractivity contribution in [2.45, 2.75) is 33.4 Å². The fourth-order valence-corrected chi connectivity index (χ4v) is 2.09. The first-order valence-corrected chi connectivity index (χ1v) is 6.56. The number of hydrogen-bond acceptors (Lipinski definition) is 3. The lowest BCUT2D eigenvalue weighted by Crippen LogP contribution is -2.36. The van der Waals surface area contributed by atoms with Gasteiger partial charge in [0.1, 0.15) is 11.5 Å². The van der Waals surface area contributed by atoms with E-state index in [-0.39, 0.29) is 12.1 Å². The Labute approximate surface area is 118 Å². The number of urea groups is 1. The molecular weight excluding hydrogens is 254 g/mol. The van der Waals surface area contributed by atoms with Gasteiger partial charge in [-0.05, 0) is 38.5 Å². The molecule has 5 nitrogen and oxygen atoms in total. The van der Waals surface area contributed by atoms with Crippen LogP contribution in [0.3, 0.4) is 0 Å². The second-order valence-electron chi connectivity index (χ2n) is 4.78. The third-order valence-electron chi connectivity index (χ3n) is 3.07. The maximum Gasteiger partial charge on any atom is 0.315 e. The standard InChI is InChI=1S/C15H19N3O2/c1-10-7-14(12(3)20-10)11(2)18-15(19)17-9-13-5-4-6-16-8-13/h4-8,11H,9H2,1-3H3,(H2,17,18,19)/t11-/m0/s1. The first kappa shape index (κ1) is 14.1. The molecule has 0 aliphatic rings. The van der Waals surface area contributed by atoms with Crippen LogP contribution in [0.1, 0.15) is 35.6 Å². The molecule has 0 spiro atoms. The number of furan rings is 1. The lowest BCUT2D eigenvalue weighted by molar-refractivity contribution is 0.237. The minimum absolute atomic E-state index is 0.0960. The number of aryl methyl sites for hydroxylation is 2. The van der Waals surface area contributed by atoms with Crippen molar-refractivity contribution in [2.24, 2.45) is 0 Å². The van der Waals surface area contributed by atoms with Gasteiger partial charge in [-0.15, -0.1) is 0 Å². The van der Waals surface area contributed by atoms with E-state index in [4.69, 9.17) is 4.42 Å². The smallest absolute Gasteiger partial charge is 0.315 e. The van der Waals surface area contributed by atoms with E-state index in [2.05, 4.69) is 15.6 Å². The highest BCUT2D eigenvalue weighted by Crippen LogP contribution is 2.20. The van der Waals surface area contributed by atoms with Crippen molar-refractivity contribution >= 4 is 6.03 Å². The minimum Gasteiger partial charge on any atom is -0.466 e. The molecule has 20 heavy (non-hydrogen) atoms. The summed E-state index contributed by atoms with van der Waals surface area (Å²) >= 11 is 0. The van der Waals surface area contributed by atoms with Crippen LogP contribution in [0.4, 0.5) is 4.79 Å². The van der Waals surface area contributed by atoms with Gasteiger partial charge in [0.15, 0.2) is 0 Å². The monoisotopic (exact) mass is 273 g/mol. The zero-order chi connectivity index (χ0) is 14.5. The molecule has 106 valence electrons. The number of carbonyl (C=O) groups excluding carboxylic acids is 1. The molecule has 0 saturated heterocycles. The average Bonchev–Trinajstić information content (AvgIpc) is 2.77. The van der Waals surface area contributed by atoms with Gasteiger partial charge in [-0.2, -0.15) is 0 Å². The largest absolute Gasteiger partial charge is 0.466 e. The first-order valence-electron chi connectivity index (χ1n) is 6.56. The number of nitrogens with one attached hydrogen (secondary N) is 2. The number of hydrogen-bond donors (Lipinski definition) is 2. The van der Waals surface area contributed by atoms with Gasteiger partial charge in [0.2, 0.25) is 0 Å². The van der Waals surface area contributed by atoms with Crippen LogP contribution in [0.2, 0.25) is 0 Å². The maximum absolute atomic E-state index is 11.8. The number of pyridine rings is 1. The summed E-state index contributed by atoms with van der Waals surface area (Å²) in [5.74, 6) is 1.68. The number of nitrogens with zero attached hydrogens (tertiary/aromatic N) is 1. The van der Waals surface area contributed by atoms with Crippen molar-refractivity contribution in [1.29, 1.82) is 0 Å². The number of carbonyl (C=O) groups is 1. The third-order valence-corrected chi connectivity index (χ3v) is 3.07. The summed E-state index contributed by atoms with van der Waals surface area (Å²) in [6.07, 6.45) is 3.43. The predicted molar refractivity (Wildman–Crippen MR) is 76.2 cm³/mol. The van der Waals surface area contributed by atoms with E-state index < -0.39 is 0 Å². The lowest BCUT2D eigenvalue weighted by Gasteiger charge is -2.14. The lowest BCUT2D eigenvalue weighted by atomic mass is 10.1. The van der Waals surface area contributed by atoms with Crippen LogP contribution in [-0.4, -0.2) is 11.0 Å². The van der Waals surface area contributed by atoms with Gasteiger partial charge in [0.05, 0.1) is 6.04 Å². The molecule has 0 fully saturated rings. The molecule has 0 aliphatic carbocycles. The van der Waals surface area contributed by atoms with Crippen LogP contribution in [0.15, 0.2) is 35.0 Å². The molecular formula is C15H19N3O2. The minimum atomic E-state index is -0.209. The zero-order valence-corrected chi connectivity index (χ0v) is 11.9. The Kier molecular flexibility index (Phi) is 4.40. The molecule has 2 aromatic rings. The molecule has 2 amide bonds. The van der Waals surface area contributed by atoms with Gasteiger partial charge in [0, 0.05) is 24.5 Å². The number of amides is 2. The summed E-state index contributed by atoms with van der Waals surface area (Å²) in [7, 11) is 0. The van der Waals surface area contributed by atoms with E-state index >= 15 is 0 Å². The third kappa shape index (κ3) is 3.60. The molecule has 0 saturated carbocycles. The highest BCUT2D eigenvalue weighted by atomic mass is 16.3. The molecule has 0 aromatic carbocycles. The quantitative estimate of drug-likeness (QED) is 0.900. The van der Waals surface area contributed by atoms with Gasteiger partial charge >= 0.3 is 6.03 Å². The van der Waals surface area contributed by atoms with E-state index in [9.17, 15) is 4.79 Å². The van der Waals surface area contributed by atoms with Gasteiger partial charge in [-0.3, -0.25) is 4.98 Å². The molecule has 2 N–H and O–H groups in total. The summed E-state index contributed by atoms with van der Waals surface area (Å²) in [4.78, 5) is 15.8. The second kappa shape index (κ2) is 6.23. The van der Waals surface area contributed by atoms with E-state index in [1.807, 2.05) is 39.0 Å². The van der Waals surface area contributed by atoms with Crippen molar-refractivity contribution in [1.82, 2.24) is 15.6 Å². The fraction of sp³-hybridized carbons (Fsp3) is 0.333. The first-order chi connectivity index (χ1) is 9.56. The van der Waals surface area contributed by atoms with Gasteiger partial charge in [-0.25, -0.2) is 4.79 Å². The van der Waals surface area contributed by atoms with Crippen molar-refractivity contribution in [3.8, 4) is 0 Å². The fourth-order valence-electron chi connectivity index (χ4n) is 2.09. The average molecular weight is 273 g/mol. The normalized spacial score (nSPS) is 11.9. The van der Waals surface area contributed by atoms with Crippen molar-refractivity contribution in [3.63, 3.8) is 0 Å². The molecule has 2 aromatic heterocycles. The van der Waals surface area contributed by atoms with E-state index in [1.165, 1.54) is 0 Å². The molecule has 0 unspecified atom stereocenters. The molecule has 0 bridgehead atoms. The SMILES string of the molecule is Cc1cc([C@H](C)NC(=O)NCc2cccnc2)c(C)o1. The van der Waals surface area contributed by atoms with E-state index in [0.29, 0.717) is 6.54 Å². The molecule has 5 heteroatoms. The Hall–Kier alpha value is -2.30. The van der Waals surface area contributed by atoms with Crippen LogP contribution >= 0.6 is 0 Å². The van der Waals surface area contributed by atoms with Gasteiger partial charge < -0.3 is 15.1 Å². The highest BCUT2D eigenvalue weighted by Gasteiger charge is 2.14. The summed E-state index contributed by atoms with van der Waals surface area (Å²) in [5.41, 5.74) is 1.96. The van der Waals surface area contributed by atoms with Crippen LogP contribution in [0, 0.1) is 13.8 Å². The Morgan fingerprint density at radius 3 is 2.85 bits per heavy atom. The zero-order valence-electron chi connectivity index (χ0n) is 11.9. The number of rotatable bonds is 4. The topological polar surface area (TPSA) is 67.2 Å². The summed E-state index contributed by atoms with van der Waals surface area (Å²) in [6.45, 7) is 6.18. The van der Waals surface area contributed by atoms with Crippen molar-refractivity contribution in [3.05, 3.63) is 53.2 Å². The summed E-state index contributed by atoms with van der Waals surface area (Å²) < 4.78 is 5.47. The van der Waals surface area contributed by atoms with Crippen LogP contribution in [0.5, 0.6) is 0 Å². The van der Waals surface area contributed by atoms with Gasteiger partial charge in [-0.1, -0.05) is 6.07 Å². The molecule has 2 rings (SSSR count). The Morgan fingerprint density at radius 2 is 2.25 bits per heavy atom. The maximum atomic E-state index is 11.8. The molecule has 0 radical (unpaired) electrons. The van der Waals surface area contributed by atoms with Crippen LogP contribution in [0.25, 0.3) is 0 Å². The Bertz CT molecular complexity index is 578.